The molecule has 0 heterocycles. The molecule has 44 heavy (non-hydrogen) atoms. The van der Waals surface area contributed by atoms with Crippen LogP contribution in [0.15, 0.2) is 78.9 Å². The second-order valence-corrected chi connectivity index (χ2v) is 11.7. The number of hydrogen-bond acceptors (Lipinski definition) is 7. The first-order valence-electron chi connectivity index (χ1n) is 14.2. The Hall–Kier alpha value is -4.90. The van der Waals surface area contributed by atoms with Gasteiger partial charge in [0, 0.05) is 17.2 Å². The third kappa shape index (κ3) is 6.52. The quantitative estimate of drug-likeness (QED) is 0.219. The predicted molar refractivity (Wildman–Crippen MR) is 163 cm³/mol. The zero-order valence-corrected chi connectivity index (χ0v) is 25.0. The van der Waals surface area contributed by atoms with Crippen molar-refractivity contribution in [2.24, 2.45) is 0 Å². The molecule has 1 aliphatic carbocycles. The highest BCUT2D eigenvalue weighted by molar-refractivity contribution is 6.03. The van der Waals surface area contributed by atoms with Crippen molar-refractivity contribution in [1.82, 2.24) is 10.6 Å². The number of carboxylic acid groups (broad SMARTS) is 2. The van der Waals surface area contributed by atoms with Crippen LogP contribution in [0.3, 0.4) is 0 Å². The average Bonchev–Trinajstić information content (AvgIpc) is 3.32. The number of aliphatic carboxylic acids is 2. The van der Waals surface area contributed by atoms with E-state index in [1.54, 1.807) is 45.0 Å². The van der Waals surface area contributed by atoms with Crippen molar-refractivity contribution in [1.29, 1.82) is 0 Å². The molecule has 11 nitrogen and oxygen atoms in total. The molecule has 2 amide bonds. The maximum Gasteiger partial charge on any atom is 0.412 e. The number of ether oxygens (including phenoxy) is 2. The van der Waals surface area contributed by atoms with E-state index in [9.17, 15) is 29.4 Å². The zero-order chi connectivity index (χ0) is 32.1. The van der Waals surface area contributed by atoms with Gasteiger partial charge in [-0.05, 0) is 88.2 Å². The SMILES string of the molecule is CNC1(C(=O)O)CCC(c2ccc(OCc3ccccc3)cc2)C1(NC(=O)c1ccc(NC(=O)OC(C)(C)C)cc1)C(=O)O. The molecule has 0 bridgehead atoms. The standard InChI is InChI=1S/C33H37N3O8/c1-31(2,3)44-30(42)35-24-14-10-23(11-15-24)27(37)36-33(29(40)41)26(18-19-32(33,34-4)28(38)39)22-12-16-25(17-13-22)43-20-21-8-6-5-7-9-21/h5-17,26,34H,18-20H2,1-4H3,(H,35,42)(H,36,37)(H,38,39)(H,40,41). The van der Waals surface area contributed by atoms with Gasteiger partial charge in [0.1, 0.15) is 18.0 Å². The molecule has 3 aromatic carbocycles. The third-order valence-corrected chi connectivity index (χ3v) is 7.77. The lowest BCUT2D eigenvalue weighted by Crippen LogP contribution is -2.75. The summed E-state index contributed by atoms with van der Waals surface area (Å²) in [7, 11) is 1.37. The Morgan fingerprint density at radius 1 is 0.886 bits per heavy atom. The number of carboxylic acids is 2. The van der Waals surface area contributed by atoms with Crippen LogP contribution in [0.25, 0.3) is 0 Å². The van der Waals surface area contributed by atoms with Crippen molar-refractivity contribution in [2.45, 2.75) is 62.8 Å². The normalized spacial score (nSPS) is 21.2. The number of carbonyl (C=O) groups is 4. The molecule has 0 aromatic heterocycles. The van der Waals surface area contributed by atoms with Crippen LogP contribution in [0.1, 0.15) is 61.0 Å². The summed E-state index contributed by atoms with van der Waals surface area (Å²) in [6, 6.07) is 22.1. The van der Waals surface area contributed by atoms with Crippen LogP contribution in [0.4, 0.5) is 10.5 Å². The van der Waals surface area contributed by atoms with Gasteiger partial charge in [-0.15, -0.1) is 0 Å². The smallest absolute Gasteiger partial charge is 0.412 e. The van der Waals surface area contributed by atoms with Gasteiger partial charge in [-0.25, -0.2) is 9.59 Å². The largest absolute Gasteiger partial charge is 0.489 e. The first-order valence-corrected chi connectivity index (χ1v) is 14.2. The number of anilines is 1. The number of amides is 2. The van der Waals surface area contributed by atoms with E-state index in [1.165, 1.54) is 31.3 Å². The maximum absolute atomic E-state index is 13.6. The van der Waals surface area contributed by atoms with Crippen LogP contribution in [0.5, 0.6) is 5.75 Å². The molecule has 0 aliphatic heterocycles. The summed E-state index contributed by atoms with van der Waals surface area (Å²) in [6.07, 6.45) is -0.561. The molecule has 0 spiro atoms. The summed E-state index contributed by atoms with van der Waals surface area (Å²) in [6.45, 7) is 5.52. The Labute approximate surface area is 255 Å². The van der Waals surface area contributed by atoms with E-state index in [-0.39, 0.29) is 18.4 Å². The van der Waals surface area contributed by atoms with E-state index in [0.29, 0.717) is 23.6 Å². The van der Waals surface area contributed by atoms with Gasteiger partial charge < -0.3 is 30.3 Å². The molecular weight excluding hydrogens is 566 g/mol. The van der Waals surface area contributed by atoms with Gasteiger partial charge in [0.25, 0.3) is 5.91 Å². The summed E-state index contributed by atoms with van der Waals surface area (Å²) < 4.78 is 11.1. The van der Waals surface area contributed by atoms with Gasteiger partial charge in [-0.3, -0.25) is 14.9 Å². The molecule has 0 radical (unpaired) electrons. The number of likely N-dealkylation sites (N-methyl/N-ethyl adjacent to an activating group) is 1. The van der Waals surface area contributed by atoms with Crippen molar-refractivity contribution in [2.75, 3.05) is 12.4 Å². The highest BCUT2D eigenvalue weighted by atomic mass is 16.6. The molecule has 3 unspecified atom stereocenters. The summed E-state index contributed by atoms with van der Waals surface area (Å²) in [5.41, 5.74) is -3.03. The molecule has 3 aromatic rings. The lowest BCUT2D eigenvalue weighted by Gasteiger charge is -2.43. The van der Waals surface area contributed by atoms with Crippen LogP contribution in [0, 0.1) is 0 Å². The minimum atomic E-state index is -2.26. The summed E-state index contributed by atoms with van der Waals surface area (Å²) in [5, 5.41) is 29.0. The Bertz CT molecular complexity index is 1500. The fraction of sp³-hybridized carbons (Fsp3) is 0.333. The summed E-state index contributed by atoms with van der Waals surface area (Å²) >= 11 is 0. The molecule has 3 atom stereocenters. The summed E-state index contributed by atoms with van der Waals surface area (Å²) in [4.78, 5) is 51.6. The van der Waals surface area contributed by atoms with Crippen molar-refractivity contribution in [3.8, 4) is 5.75 Å². The van der Waals surface area contributed by atoms with Crippen molar-refractivity contribution in [3.05, 3.63) is 95.6 Å². The first kappa shape index (κ1) is 32.0. The van der Waals surface area contributed by atoms with E-state index in [0.717, 1.165) is 5.56 Å². The Kier molecular flexibility index (Phi) is 9.29. The number of carbonyl (C=O) groups excluding carboxylic acids is 2. The number of rotatable bonds is 10. The number of benzene rings is 3. The lowest BCUT2D eigenvalue weighted by molar-refractivity contribution is -0.159. The van der Waals surface area contributed by atoms with Gasteiger partial charge in [0.15, 0.2) is 11.1 Å². The summed E-state index contributed by atoms with van der Waals surface area (Å²) in [5.74, 6) is -4.02. The monoisotopic (exact) mass is 603 g/mol. The third-order valence-electron chi connectivity index (χ3n) is 7.77. The zero-order valence-electron chi connectivity index (χ0n) is 25.0. The van der Waals surface area contributed by atoms with Gasteiger partial charge >= 0.3 is 18.0 Å². The second-order valence-electron chi connectivity index (χ2n) is 11.7. The predicted octanol–water partition coefficient (Wildman–Crippen LogP) is 4.79. The van der Waals surface area contributed by atoms with Gasteiger partial charge in [-0.1, -0.05) is 42.5 Å². The molecule has 1 saturated carbocycles. The Balaban J connectivity index is 1.61. The molecule has 1 fully saturated rings. The number of hydrogen-bond donors (Lipinski definition) is 5. The average molecular weight is 604 g/mol. The fourth-order valence-corrected chi connectivity index (χ4v) is 5.69. The fourth-order valence-electron chi connectivity index (χ4n) is 5.69. The van der Waals surface area contributed by atoms with Gasteiger partial charge in [0.05, 0.1) is 0 Å². The van der Waals surface area contributed by atoms with E-state index < -0.39 is 46.5 Å². The topological polar surface area (TPSA) is 163 Å². The number of nitrogens with one attached hydrogen (secondary N) is 3. The minimum Gasteiger partial charge on any atom is -0.489 e. The molecular formula is C33H37N3O8. The van der Waals surface area contributed by atoms with Gasteiger partial charge in [-0.2, -0.15) is 0 Å². The van der Waals surface area contributed by atoms with Gasteiger partial charge in [0.2, 0.25) is 0 Å². The first-order chi connectivity index (χ1) is 20.8. The minimum absolute atomic E-state index is 0.0545. The van der Waals surface area contributed by atoms with Crippen LogP contribution in [-0.2, 0) is 20.9 Å². The Morgan fingerprint density at radius 3 is 2.07 bits per heavy atom. The van der Waals surface area contributed by atoms with Crippen LogP contribution < -0.4 is 20.7 Å². The molecule has 1 aliphatic rings. The lowest BCUT2D eigenvalue weighted by atomic mass is 9.72. The highest BCUT2D eigenvalue weighted by Crippen LogP contribution is 2.50. The van der Waals surface area contributed by atoms with Crippen LogP contribution in [0.2, 0.25) is 0 Å². The highest BCUT2D eigenvalue weighted by Gasteiger charge is 2.70. The van der Waals surface area contributed by atoms with Crippen LogP contribution in [-0.4, -0.2) is 57.9 Å². The molecule has 232 valence electrons. The molecule has 4 rings (SSSR count). The molecule has 5 N–H and O–H groups in total. The van der Waals surface area contributed by atoms with E-state index >= 15 is 0 Å². The molecule has 11 heteroatoms. The van der Waals surface area contributed by atoms with Crippen molar-refractivity contribution >= 4 is 29.6 Å². The Morgan fingerprint density at radius 2 is 1.52 bits per heavy atom. The van der Waals surface area contributed by atoms with Crippen LogP contribution >= 0.6 is 0 Å². The van der Waals surface area contributed by atoms with E-state index in [4.69, 9.17) is 9.47 Å². The van der Waals surface area contributed by atoms with Crippen molar-refractivity contribution < 1.29 is 38.9 Å². The second kappa shape index (κ2) is 12.8. The van der Waals surface area contributed by atoms with E-state index in [2.05, 4.69) is 16.0 Å². The maximum atomic E-state index is 13.6. The van der Waals surface area contributed by atoms with Crippen molar-refractivity contribution in [3.63, 3.8) is 0 Å². The molecule has 0 saturated heterocycles. The van der Waals surface area contributed by atoms with E-state index in [1.807, 2.05) is 30.3 Å².